The van der Waals surface area contributed by atoms with Crippen LogP contribution in [0.4, 0.5) is 0 Å². The number of carbonyl (C=O) groups is 2. The van der Waals surface area contributed by atoms with E-state index in [9.17, 15) is 9.59 Å². The van der Waals surface area contributed by atoms with Gasteiger partial charge in [0.25, 0.3) is 0 Å². The van der Waals surface area contributed by atoms with Gasteiger partial charge in [0.2, 0.25) is 11.8 Å². The fraction of sp³-hybridized carbons (Fsp3) is 0.600. The van der Waals surface area contributed by atoms with Crippen molar-refractivity contribution in [2.75, 3.05) is 14.1 Å². The molecule has 4 nitrogen and oxygen atoms in total. The van der Waals surface area contributed by atoms with Gasteiger partial charge in [0.1, 0.15) is 0 Å². The summed E-state index contributed by atoms with van der Waals surface area (Å²) in [5, 5.41) is 5.00. The zero-order valence-electron chi connectivity index (χ0n) is 9.18. The predicted molar refractivity (Wildman–Crippen MR) is 55.7 cm³/mol. The second-order valence-corrected chi connectivity index (χ2v) is 3.47. The minimum Gasteiger partial charge on any atom is -0.323 e. The highest BCUT2D eigenvalue weighted by Gasteiger charge is 2.28. The van der Waals surface area contributed by atoms with Gasteiger partial charge in [-0.1, -0.05) is 11.6 Å². The quantitative estimate of drug-likeness (QED) is 0.475. The summed E-state index contributed by atoms with van der Waals surface area (Å²) in [6, 6.07) is 0. The summed E-state index contributed by atoms with van der Waals surface area (Å²) < 4.78 is 0. The van der Waals surface area contributed by atoms with Crippen molar-refractivity contribution in [1.82, 2.24) is 10.6 Å². The topological polar surface area (TPSA) is 58.2 Å². The lowest BCUT2D eigenvalue weighted by Crippen LogP contribution is -2.21. The van der Waals surface area contributed by atoms with Crippen LogP contribution in [0.2, 0.25) is 0 Å². The molecule has 0 spiro atoms. The normalized spacial score (nSPS) is 19.6. The Hall–Kier alpha value is -1.16. The third-order valence-electron chi connectivity index (χ3n) is 1.54. The van der Waals surface area contributed by atoms with E-state index in [4.69, 9.17) is 0 Å². The molecule has 1 saturated heterocycles. The average Bonchev–Trinajstić information content (AvgIpc) is 2.30. The smallest absolute Gasteiger partial charge is 0.234 e. The molecule has 0 aliphatic carbocycles. The number of carbonyl (C=O) groups excluding carboxylic acids is 2. The molecule has 1 heterocycles. The van der Waals surface area contributed by atoms with Gasteiger partial charge in [0, 0.05) is 6.42 Å². The first-order valence-corrected chi connectivity index (χ1v) is 4.58. The highest BCUT2D eigenvalue weighted by Crippen LogP contribution is 2.13. The van der Waals surface area contributed by atoms with Crippen LogP contribution in [0, 0.1) is 5.92 Å². The Bertz CT molecular complexity index is 243. The average molecular weight is 198 g/mol. The van der Waals surface area contributed by atoms with Crippen LogP contribution in [0.5, 0.6) is 0 Å². The summed E-state index contributed by atoms with van der Waals surface area (Å²) in [4.78, 5) is 21.6. The van der Waals surface area contributed by atoms with E-state index in [-0.39, 0.29) is 17.7 Å². The van der Waals surface area contributed by atoms with Gasteiger partial charge in [-0.3, -0.25) is 14.9 Å². The van der Waals surface area contributed by atoms with Crippen LogP contribution in [-0.2, 0) is 9.59 Å². The highest BCUT2D eigenvalue weighted by molar-refractivity contribution is 6.04. The van der Waals surface area contributed by atoms with E-state index in [1.165, 1.54) is 0 Å². The molecular weight excluding hydrogens is 180 g/mol. The van der Waals surface area contributed by atoms with E-state index in [1.54, 1.807) is 0 Å². The molecule has 1 atom stereocenters. The summed E-state index contributed by atoms with van der Waals surface area (Å²) in [5.41, 5.74) is 1.07. The summed E-state index contributed by atoms with van der Waals surface area (Å²) >= 11 is 0. The Morgan fingerprint density at radius 2 is 1.93 bits per heavy atom. The van der Waals surface area contributed by atoms with Gasteiger partial charge in [-0.2, -0.15) is 0 Å². The van der Waals surface area contributed by atoms with E-state index in [0.717, 1.165) is 5.57 Å². The van der Waals surface area contributed by atoms with Crippen molar-refractivity contribution in [2.45, 2.75) is 20.3 Å². The van der Waals surface area contributed by atoms with Gasteiger partial charge in [-0.15, -0.1) is 0 Å². The van der Waals surface area contributed by atoms with Gasteiger partial charge >= 0.3 is 0 Å². The molecule has 1 aliphatic heterocycles. The molecule has 2 N–H and O–H groups in total. The van der Waals surface area contributed by atoms with Gasteiger partial charge in [-0.25, -0.2) is 0 Å². The number of allylic oxidation sites excluding steroid dienone is 1. The molecule has 14 heavy (non-hydrogen) atoms. The van der Waals surface area contributed by atoms with Crippen LogP contribution < -0.4 is 10.6 Å². The number of hydrogen-bond donors (Lipinski definition) is 2. The Morgan fingerprint density at radius 3 is 2.21 bits per heavy atom. The third-order valence-corrected chi connectivity index (χ3v) is 1.54. The van der Waals surface area contributed by atoms with E-state index in [1.807, 2.05) is 34.0 Å². The molecule has 1 rings (SSSR count). The van der Waals surface area contributed by atoms with Crippen molar-refractivity contribution >= 4 is 11.8 Å². The summed E-state index contributed by atoms with van der Waals surface area (Å²) in [6.07, 6.45) is 2.13. The zero-order chi connectivity index (χ0) is 11.1. The van der Waals surface area contributed by atoms with Crippen molar-refractivity contribution < 1.29 is 9.59 Å². The zero-order valence-corrected chi connectivity index (χ0v) is 9.18. The molecule has 4 heteroatoms. The minimum atomic E-state index is -0.229. The van der Waals surface area contributed by atoms with E-state index < -0.39 is 0 Å². The second kappa shape index (κ2) is 6.32. The predicted octanol–water partition coefficient (Wildman–Crippen LogP) is 0.451. The van der Waals surface area contributed by atoms with Gasteiger partial charge in [-0.05, 0) is 27.9 Å². The molecular formula is C10H18N2O2. The fourth-order valence-corrected chi connectivity index (χ4v) is 1.11. The highest BCUT2D eigenvalue weighted by atomic mass is 16.2. The van der Waals surface area contributed by atoms with Crippen LogP contribution >= 0.6 is 0 Å². The van der Waals surface area contributed by atoms with Crippen LogP contribution in [0.1, 0.15) is 20.3 Å². The SMILES string of the molecule is CC(C)=CC1CC(=O)NC1=O.CNC. The van der Waals surface area contributed by atoms with Crippen LogP contribution in [0.25, 0.3) is 0 Å². The number of imide groups is 1. The Kier molecular flexibility index (Phi) is 5.79. The number of nitrogens with one attached hydrogen (secondary N) is 2. The van der Waals surface area contributed by atoms with Gasteiger partial charge < -0.3 is 5.32 Å². The molecule has 1 aliphatic rings. The summed E-state index contributed by atoms with van der Waals surface area (Å²) in [6.45, 7) is 3.83. The molecule has 80 valence electrons. The molecule has 0 radical (unpaired) electrons. The number of rotatable bonds is 1. The first-order valence-electron chi connectivity index (χ1n) is 4.58. The molecule has 1 unspecified atom stereocenters. The molecule has 0 aromatic carbocycles. The standard InChI is InChI=1S/C8H11NO2.C2H7N/c1-5(2)3-6-4-7(10)9-8(6)11;1-3-2/h3,6H,4H2,1-2H3,(H,9,10,11);3H,1-2H3. The van der Waals surface area contributed by atoms with E-state index in [0.29, 0.717) is 6.42 Å². The lowest BCUT2D eigenvalue weighted by molar-refractivity contribution is -0.125. The maximum absolute atomic E-state index is 10.9. The lowest BCUT2D eigenvalue weighted by atomic mass is 10.1. The molecule has 0 aromatic heterocycles. The van der Waals surface area contributed by atoms with E-state index in [2.05, 4.69) is 10.6 Å². The van der Waals surface area contributed by atoms with Gasteiger partial charge in [0.15, 0.2) is 0 Å². The second-order valence-electron chi connectivity index (χ2n) is 3.47. The summed E-state index contributed by atoms with van der Waals surface area (Å²) in [7, 11) is 3.75. The molecule has 0 bridgehead atoms. The van der Waals surface area contributed by atoms with Crippen molar-refractivity contribution in [3.8, 4) is 0 Å². The van der Waals surface area contributed by atoms with Crippen molar-refractivity contribution in [2.24, 2.45) is 5.92 Å². The molecule has 1 fully saturated rings. The number of amides is 2. The van der Waals surface area contributed by atoms with Gasteiger partial charge in [0.05, 0.1) is 5.92 Å². The first-order chi connectivity index (χ1) is 6.51. The van der Waals surface area contributed by atoms with Crippen molar-refractivity contribution in [1.29, 1.82) is 0 Å². The Labute approximate surface area is 84.8 Å². The van der Waals surface area contributed by atoms with Crippen LogP contribution in [0.15, 0.2) is 11.6 Å². The van der Waals surface area contributed by atoms with E-state index >= 15 is 0 Å². The maximum Gasteiger partial charge on any atom is 0.234 e. The largest absolute Gasteiger partial charge is 0.323 e. The Balaban J connectivity index is 0.000000500. The monoisotopic (exact) mass is 198 g/mol. The third kappa shape index (κ3) is 4.77. The molecule has 0 aromatic rings. The molecule has 2 amide bonds. The van der Waals surface area contributed by atoms with Crippen LogP contribution in [-0.4, -0.2) is 25.9 Å². The lowest BCUT2D eigenvalue weighted by Gasteiger charge is -1.97. The fourth-order valence-electron chi connectivity index (χ4n) is 1.11. The van der Waals surface area contributed by atoms with Crippen molar-refractivity contribution in [3.05, 3.63) is 11.6 Å². The minimum absolute atomic E-state index is 0.169. The Morgan fingerprint density at radius 1 is 1.43 bits per heavy atom. The summed E-state index contributed by atoms with van der Waals surface area (Å²) in [5.74, 6) is -0.568. The van der Waals surface area contributed by atoms with Crippen molar-refractivity contribution in [3.63, 3.8) is 0 Å². The first kappa shape index (κ1) is 12.8. The molecule has 0 saturated carbocycles. The van der Waals surface area contributed by atoms with Crippen LogP contribution in [0.3, 0.4) is 0 Å². The maximum atomic E-state index is 10.9. The number of hydrogen-bond acceptors (Lipinski definition) is 3.